The molecule has 0 amide bonds. The normalized spacial score (nSPS) is 16.2. The fraction of sp³-hybridized carbons (Fsp3) is 0.435. The van der Waals surface area contributed by atoms with E-state index in [1.54, 1.807) is 12.1 Å². The molecule has 1 aliphatic heterocycles. The molecule has 0 saturated carbocycles. The van der Waals surface area contributed by atoms with E-state index in [-0.39, 0.29) is 22.9 Å². The lowest BCUT2D eigenvalue weighted by Gasteiger charge is -2.42. The van der Waals surface area contributed by atoms with E-state index in [9.17, 15) is 4.79 Å². The van der Waals surface area contributed by atoms with Gasteiger partial charge in [-0.05, 0) is 62.3 Å². The maximum absolute atomic E-state index is 11.5. The van der Waals surface area contributed by atoms with Crippen molar-refractivity contribution in [2.75, 3.05) is 0 Å². The zero-order chi connectivity index (χ0) is 20.4. The molecule has 28 heavy (non-hydrogen) atoms. The van der Waals surface area contributed by atoms with Crippen LogP contribution in [0, 0.1) is 11.8 Å². The van der Waals surface area contributed by atoms with E-state index in [4.69, 9.17) is 9.47 Å². The minimum atomic E-state index is -0.308. The van der Waals surface area contributed by atoms with Crippen molar-refractivity contribution in [1.29, 1.82) is 0 Å². The van der Waals surface area contributed by atoms with Crippen LogP contribution in [0.25, 0.3) is 0 Å². The Morgan fingerprint density at radius 2 is 1.93 bits per heavy atom. The van der Waals surface area contributed by atoms with Gasteiger partial charge in [-0.3, -0.25) is 4.79 Å². The van der Waals surface area contributed by atoms with Crippen molar-refractivity contribution < 1.29 is 14.3 Å². The molecule has 1 aliphatic rings. The lowest BCUT2D eigenvalue weighted by atomic mass is 9.73. The predicted octanol–water partition coefficient (Wildman–Crippen LogP) is 4.42. The number of esters is 1. The van der Waals surface area contributed by atoms with Gasteiger partial charge < -0.3 is 9.47 Å². The highest BCUT2D eigenvalue weighted by atomic mass is 16.5. The highest BCUT2D eigenvalue weighted by molar-refractivity contribution is 5.71. The van der Waals surface area contributed by atoms with E-state index in [0.29, 0.717) is 12.1 Å². The van der Waals surface area contributed by atoms with Gasteiger partial charge in [0, 0.05) is 23.6 Å². The van der Waals surface area contributed by atoms with Gasteiger partial charge in [0.25, 0.3) is 0 Å². The van der Waals surface area contributed by atoms with Crippen LogP contribution in [0.5, 0.6) is 11.6 Å². The Morgan fingerprint density at radius 1 is 1.14 bits per heavy atom. The van der Waals surface area contributed by atoms with Gasteiger partial charge in [-0.15, -0.1) is 10.2 Å². The van der Waals surface area contributed by atoms with Crippen LogP contribution in [0.3, 0.4) is 0 Å². The maximum atomic E-state index is 11.5. The molecule has 0 N–H and O–H groups in total. The molecule has 2 aromatic rings. The summed E-state index contributed by atoms with van der Waals surface area (Å²) in [4.78, 5) is 11.5. The first-order valence-corrected chi connectivity index (χ1v) is 9.58. The molecular weight excluding hydrogens is 352 g/mol. The Kier molecular flexibility index (Phi) is 5.42. The number of carbonyl (C=O) groups is 1. The van der Waals surface area contributed by atoms with Crippen LogP contribution in [-0.4, -0.2) is 21.8 Å². The third kappa shape index (κ3) is 4.69. The average molecular weight is 378 g/mol. The molecule has 0 spiro atoms. The van der Waals surface area contributed by atoms with Crippen LogP contribution in [0.2, 0.25) is 0 Å². The number of aromatic nitrogens is 2. The summed E-state index contributed by atoms with van der Waals surface area (Å²) < 4.78 is 11.2. The van der Waals surface area contributed by atoms with Gasteiger partial charge in [0.05, 0.1) is 0 Å². The first-order chi connectivity index (χ1) is 13.2. The summed E-state index contributed by atoms with van der Waals surface area (Å²) >= 11 is 0. The van der Waals surface area contributed by atoms with Crippen molar-refractivity contribution in [1.82, 2.24) is 10.2 Å². The number of ether oxygens (including phenoxy) is 2. The molecule has 3 rings (SSSR count). The molecule has 5 nitrogen and oxygen atoms in total. The van der Waals surface area contributed by atoms with Crippen molar-refractivity contribution in [3.05, 3.63) is 47.2 Å². The number of fused-ring (bicyclic) bond motifs is 1. The largest absolute Gasteiger partial charge is 0.488 e. The zero-order valence-electron chi connectivity index (χ0n) is 17.1. The molecule has 146 valence electrons. The third-order valence-corrected chi connectivity index (χ3v) is 4.61. The quantitative estimate of drug-likeness (QED) is 0.584. The Bertz CT molecular complexity index is 935. The van der Waals surface area contributed by atoms with Gasteiger partial charge in [0.2, 0.25) is 5.88 Å². The minimum absolute atomic E-state index is 0.0125. The lowest BCUT2D eigenvalue weighted by molar-refractivity contribution is -0.134. The first-order valence-electron chi connectivity index (χ1n) is 9.58. The van der Waals surface area contributed by atoms with E-state index < -0.39 is 0 Å². The van der Waals surface area contributed by atoms with Gasteiger partial charge in [0.15, 0.2) is 0 Å². The van der Waals surface area contributed by atoms with Crippen LogP contribution in [0.1, 0.15) is 70.7 Å². The van der Waals surface area contributed by atoms with Crippen molar-refractivity contribution in [2.45, 2.75) is 64.9 Å². The van der Waals surface area contributed by atoms with Gasteiger partial charge in [0.1, 0.15) is 17.0 Å². The molecule has 2 heterocycles. The molecule has 5 heteroatoms. The summed E-state index contributed by atoms with van der Waals surface area (Å²) in [5.41, 5.74) is 2.42. The molecule has 1 aromatic heterocycles. The monoisotopic (exact) mass is 378 g/mol. The molecule has 0 atom stereocenters. The SMILES string of the molecule is CCCC(=O)Oc1ccc(C#Cc2ccc3c(c2)C(C)(C)CC(C)(C)O3)nn1. The summed E-state index contributed by atoms with van der Waals surface area (Å²) in [6, 6.07) is 9.34. The Hall–Kier alpha value is -2.87. The second-order valence-corrected chi connectivity index (χ2v) is 8.36. The summed E-state index contributed by atoms with van der Waals surface area (Å²) in [7, 11) is 0. The van der Waals surface area contributed by atoms with Crippen LogP contribution in [0.15, 0.2) is 30.3 Å². The van der Waals surface area contributed by atoms with E-state index in [2.05, 4.69) is 55.8 Å². The molecule has 0 unspecified atom stereocenters. The van der Waals surface area contributed by atoms with Crippen molar-refractivity contribution in [3.63, 3.8) is 0 Å². The Labute approximate surface area is 166 Å². The summed E-state index contributed by atoms with van der Waals surface area (Å²) in [6.07, 6.45) is 2.03. The molecular formula is C23H26N2O3. The standard InChI is InChI=1S/C23H26N2O3/c1-6-7-21(26)27-20-13-11-17(24-25-20)10-8-16-9-12-19-18(14-16)22(2,3)15-23(4,5)28-19/h9,11-14H,6-7,15H2,1-5H3. The number of carbonyl (C=O) groups excluding carboxylic acids is 1. The topological polar surface area (TPSA) is 61.3 Å². The van der Waals surface area contributed by atoms with Crippen molar-refractivity contribution in [2.24, 2.45) is 0 Å². The number of hydrogen-bond donors (Lipinski definition) is 0. The summed E-state index contributed by atoms with van der Waals surface area (Å²) in [5, 5.41) is 7.92. The second kappa shape index (κ2) is 7.63. The van der Waals surface area contributed by atoms with Crippen LogP contribution < -0.4 is 9.47 Å². The summed E-state index contributed by atoms with van der Waals surface area (Å²) in [5.74, 6) is 6.95. The molecule has 0 fully saturated rings. The maximum Gasteiger partial charge on any atom is 0.312 e. The molecule has 1 aromatic carbocycles. The van der Waals surface area contributed by atoms with Gasteiger partial charge in [-0.1, -0.05) is 26.7 Å². The van der Waals surface area contributed by atoms with E-state index in [1.807, 2.05) is 19.1 Å². The number of hydrogen-bond acceptors (Lipinski definition) is 5. The average Bonchev–Trinajstić information content (AvgIpc) is 2.60. The molecule has 0 aliphatic carbocycles. The lowest BCUT2D eigenvalue weighted by Crippen LogP contribution is -2.41. The fourth-order valence-corrected chi connectivity index (χ4v) is 3.67. The van der Waals surface area contributed by atoms with E-state index in [1.165, 1.54) is 5.56 Å². The highest BCUT2D eigenvalue weighted by Gasteiger charge is 2.38. The van der Waals surface area contributed by atoms with Crippen molar-refractivity contribution in [3.8, 4) is 23.5 Å². The van der Waals surface area contributed by atoms with Crippen LogP contribution in [0.4, 0.5) is 0 Å². The third-order valence-electron chi connectivity index (χ3n) is 4.61. The highest BCUT2D eigenvalue weighted by Crippen LogP contribution is 2.44. The Morgan fingerprint density at radius 3 is 2.61 bits per heavy atom. The smallest absolute Gasteiger partial charge is 0.312 e. The molecule has 0 bridgehead atoms. The number of nitrogens with zero attached hydrogens (tertiary/aromatic N) is 2. The number of rotatable bonds is 3. The van der Waals surface area contributed by atoms with E-state index in [0.717, 1.165) is 24.2 Å². The van der Waals surface area contributed by atoms with E-state index >= 15 is 0 Å². The Balaban J connectivity index is 1.77. The zero-order valence-corrected chi connectivity index (χ0v) is 17.1. The summed E-state index contributed by atoms with van der Waals surface area (Å²) in [6.45, 7) is 10.6. The fourth-order valence-electron chi connectivity index (χ4n) is 3.67. The van der Waals surface area contributed by atoms with Gasteiger partial charge >= 0.3 is 5.97 Å². The molecule has 0 saturated heterocycles. The second-order valence-electron chi connectivity index (χ2n) is 8.36. The van der Waals surface area contributed by atoms with Gasteiger partial charge in [-0.25, -0.2) is 0 Å². The minimum Gasteiger partial charge on any atom is -0.488 e. The first kappa shape index (κ1) is 19.9. The van der Waals surface area contributed by atoms with Crippen LogP contribution >= 0.6 is 0 Å². The molecule has 0 radical (unpaired) electrons. The van der Waals surface area contributed by atoms with Crippen molar-refractivity contribution >= 4 is 5.97 Å². The number of benzene rings is 1. The predicted molar refractivity (Wildman–Crippen MR) is 107 cm³/mol. The van der Waals surface area contributed by atoms with Gasteiger partial charge in [-0.2, -0.15) is 0 Å². The van der Waals surface area contributed by atoms with Crippen LogP contribution in [-0.2, 0) is 10.2 Å².